The lowest BCUT2D eigenvalue weighted by atomic mass is 9.99. The first kappa shape index (κ1) is 39.1. The Kier molecular flexibility index (Phi) is 15.2. The van der Waals surface area contributed by atoms with E-state index in [1.807, 2.05) is 17.9 Å². The summed E-state index contributed by atoms with van der Waals surface area (Å²) in [5.41, 5.74) is 2.73. The van der Waals surface area contributed by atoms with Crippen LogP contribution in [0.25, 0.3) is 0 Å². The van der Waals surface area contributed by atoms with E-state index in [4.69, 9.17) is 29.7 Å². The molecule has 0 spiro atoms. The zero-order chi connectivity index (χ0) is 33.8. The van der Waals surface area contributed by atoms with Gasteiger partial charge in [0.2, 0.25) is 0 Å². The molecule has 0 amide bonds. The SMILES string of the molecule is CN(C)[C@@H]1CCN(Cc2cnn(C)c2)[C@H]1Cc1ccccc1.O=C(O)C(F)(F)F.O=C(O)C(F)(F)F.O=C(O)C(F)(F)F. The summed E-state index contributed by atoms with van der Waals surface area (Å²) >= 11 is 0. The third kappa shape index (κ3) is 15.8. The molecule has 19 heteroatoms. The van der Waals surface area contributed by atoms with Crippen LogP contribution in [0.4, 0.5) is 39.5 Å². The molecule has 1 aromatic heterocycles. The molecule has 2 atom stereocenters. The molecule has 1 fully saturated rings. The third-order valence-corrected chi connectivity index (χ3v) is 5.45. The number of hydrogen-bond donors (Lipinski definition) is 3. The Hall–Kier alpha value is -3.87. The van der Waals surface area contributed by atoms with Crippen molar-refractivity contribution in [1.82, 2.24) is 19.6 Å². The quantitative estimate of drug-likeness (QED) is 0.414. The molecular weight excluding hydrogens is 611 g/mol. The lowest BCUT2D eigenvalue weighted by Gasteiger charge is -2.31. The highest BCUT2D eigenvalue weighted by molar-refractivity contribution is 5.73. The third-order valence-electron chi connectivity index (χ3n) is 5.45. The molecular formula is C24H29F9N4O6. The molecule has 3 N–H and O–H groups in total. The molecule has 43 heavy (non-hydrogen) atoms. The van der Waals surface area contributed by atoms with Crippen molar-refractivity contribution >= 4 is 17.9 Å². The van der Waals surface area contributed by atoms with Gasteiger partial charge in [-0.05, 0) is 32.5 Å². The number of aromatic nitrogens is 2. The minimum atomic E-state index is -5.08. The van der Waals surface area contributed by atoms with Gasteiger partial charge in [0.1, 0.15) is 0 Å². The summed E-state index contributed by atoms with van der Waals surface area (Å²) in [6.07, 6.45) is -8.78. The number of aryl methyl sites for hydroxylation is 1. The first-order valence-corrected chi connectivity index (χ1v) is 11.8. The standard InChI is InChI=1S/C18H26N4.3C2HF3O2/c1-20(2)17-9-10-22(14-16-12-19-21(3)13-16)18(17)11-15-7-5-4-6-8-15;3*3-2(4,5)1(6)7/h4-8,12-13,17-18H,9-11,14H2,1-3H3;3*(H,6,7)/t17-,18+;;;/m1.../s1. The van der Waals surface area contributed by atoms with Crippen molar-refractivity contribution in [2.45, 2.75) is 50.0 Å². The molecule has 3 rings (SSSR count). The van der Waals surface area contributed by atoms with Gasteiger partial charge in [-0.25, -0.2) is 14.4 Å². The molecule has 0 aliphatic carbocycles. The number of carboxylic acids is 3. The number of nitrogens with zero attached hydrogens (tertiary/aromatic N) is 4. The number of halogens is 9. The average Bonchev–Trinajstić information content (AvgIpc) is 3.45. The molecule has 1 saturated heterocycles. The number of alkyl halides is 9. The van der Waals surface area contributed by atoms with Crippen molar-refractivity contribution in [3.8, 4) is 0 Å². The zero-order valence-electron chi connectivity index (χ0n) is 22.8. The van der Waals surface area contributed by atoms with E-state index in [9.17, 15) is 39.5 Å². The first-order chi connectivity index (χ1) is 19.5. The number of likely N-dealkylation sites (N-methyl/N-ethyl adjacent to an activating group) is 1. The van der Waals surface area contributed by atoms with Gasteiger partial charge in [0, 0.05) is 44.0 Å². The fourth-order valence-corrected chi connectivity index (χ4v) is 3.61. The normalized spacial score (nSPS) is 17.0. The summed E-state index contributed by atoms with van der Waals surface area (Å²) in [6.45, 7) is 2.16. The summed E-state index contributed by atoms with van der Waals surface area (Å²) in [5.74, 6) is -8.27. The predicted octanol–water partition coefficient (Wildman–Crippen LogP) is 4.07. The zero-order valence-corrected chi connectivity index (χ0v) is 22.8. The first-order valence-electron chi connectivity index (χ1n) is 11.8. The molecule has 2 aromatic rings. The molecule has 10 nitrogen and oxygen atoms in total. The molecule has 0 bridgehead atoms. The second-order valence-electron chi connectivity index (χ2n) is 8.98. The van der Waals surface area contributed by atoms with Gasteiger partial charge < -0.3 is 20.2 Å². The number of carboxylic acid groups (broad SMARTS) is 3. The van der Waals surface area contributed by atoms with E-state index >= 15 is 0 Å². The topological polar surface area (TPSA) is 136 Å². The number of hydrogen-bond acceptors (Lipinski definition) is 6. The summed E-state index contributed by atoms with van der Waals surface area (Å²) in [4.78, 5) is 31.7. The van der Waals surface area contributed by atoms with Gasteiger partial charge in [0.05, 0.1) is 6.20 Å². The van der Waals surface area contributed by atoms with Gasteiger partial charge in [0.25, 0.3) is 0 Å². The minimum Gasteiger partial charge on any atom is -0.475 e. The molecule has 0 saturated carbocycles. The van der Waals surface area contributed by atoms with Crippen LogP contribution in [0, 0.1) is 0 Å². The van der Waals surface area contributed by atoms with E-state index in [1.165, 1.54) is 17.5 Å². The van der Waals surface area contributed by atoms with Crippen LogP contribution in [0.3, 0.4) is 0 Å². The maximum Gasteiger partial charge on any atom is 0.490 e. The van der Waals surface area contributed by atoms with Crippen molar-refractivity contribution in [2.24, 2.45) is 7.05 Å². The van der Waals surface area contributed by atoms with E-state index in [1.54, 1.807) is 0 Å². The van der Waals surface area contributed by atoms with Crippen LogP contribution >= 0.6 is 0 Å². The van der Waals surface area contributed by atoms with Crippen molar-refractivity contribution in [3.05, 3.63) is 53.9 Å². The Labute approximate surface area is 238 Å². The van der Waals surface area contributed by atoms with Crippen LogP contribution in [0.5, 0.6) is 0 Å². The van der Waals surface area contributed by atoms with E-state index in [2.05, 4.69) is 65.5 Å². The monoisotopic (exact) mass is 640 g/mol. The summed E-state index contributed by atoms with van der Waals surface area (Å²) < 4.78 is 97.1. The van der Waals surface area contributed by atoms with E-state index in [0.29, 0.717) is 12.1 Å². The van der Waals surface area contributed by atoms with E-state index in [-0.39, 0.29) is 0 Å². The highest BCUT2D eigenvalue weighted by atomic mass is 19.4. The van der Waals surface area contributed by atoms with Crippen molar-refractivity contribution in [1.29, 1.82) is 0 Å². The molecule has 0 unspecified atom stereocenters. The second-order valence-corrected chi connectivity index (χ2v) is 8.98. The van der Waals surface area contributed by atoms with Crippen LogP contribution in [0.15, 0.2) is 42.7 Å². The van der Waals surface area contributed by atoms with Crippen LogP contribution < -0.4 is 0 Å². The number of benzene rings is 1. The van der Waals surface area contributed by atoms with Crippen LogP contribution in [-0.2, 0) is 34.4 Å². The predicted molar refractivity (Wildman–Crippen MR) is 131 cm³/mol. The highest BCUT2D eigenvalue weighted by Gasteiger charge is 2.39. The van der Waals surface area contributed by atoms with Gasteiger partial charge in [-0.1, -0.05) is 30.3 Å². The van der Waals surface area contributed by atoms with Gasteiger partial charge in [-0.2, -0.15) is 44.6 Å². The van der Waals surface area contributed by atoms with Gasteiger partial charge >= 0.3 is 36.4 Å². The van der Waals surface area contributed by atoms with Gasteiger partial charge in [-0.3, -0.25) is 9.58 Å². The Balaban J connectivity index is 0.000000690. The maximum absolute atomic E-state index is 10.6. The Morgan fingerprint density at radius 1 is 0.837 bits per heavy atom. The Morgan fingerprint density at radius 3 is 1.58 bits per heavy atom. The van der Waals surface area contributed by atoms with Crippen LogP contribution in [-0.4, -0.2) is 104 Å². The maximum atomic E-state index is 10.6. The van der Waals surface area contributed by atoms with Crippen molar-refractivity contribution in [2.75, 3.05) is 20.6 Å². The van der Waals surface area contributed by atoms with Crippen LogP contribution in [0.1, 0.15) is 17.5 Å². The highest BCUT2D eigenvalue weighted by Crippen LogP contribution is 2.26. The lowest BCUT2D eigenvalue weighted by Crippen LogP contribution is -2.43. The molecule has 0 radical (unpaired) electrons. The molecule has 1 aliphatic heterocycles. The van der Waals surface area contributed by atoms with Gasteiger partial charge in [-0.15, -0.1) is 0 Å². The molecule has 1 aliphatic rings. The Morgan fingerprint density at radius 2 is 1.26 bits per heavy atom. The van der Waals surface area contributed by atoms with Crippen molar-refractivity contribution in [3.63, 3.8) is 0 Å². The smallest absolute Gasteiger partial charge is 0.475 e. The van der Waals surface area contributed by atoms with Crippen LogP contribution in [0.2, 0.25) is 0 Å². The summed E-state index contributed by atoms with van der Waals surface area (Å²) in [7, 11) is 6.39. The van der Waals surface area contributed by atoms with E-state index in [0.717, 1.165) is 19.5 Å². The lowest BCUT2D eigenvalue weighted by molar-refractivity contribution is -0.193. The molecule has 1 aromatic carbocycles. The molecule has 244 valence electrons. The fraction of sp³-hybridized carbons (Fsp3) is 0.500. The number of aliphatic carboxylic acids is 3. The van der Waals surface area contributed by atoms with Crippen molar-refractivity contribution < 1.29 is 69.2 Å². The average molecular weight is 641 g/mol. The summed E-state index contributed by atoms with van der Waals surface area (Å²) in [6, 6.07) is 12.0. The second kappa shape index (κ2) is 16.7. The van der Waals surface area contributed by atoms with E-state index < -0.39 is 36.4 Å². The number of carbonyl (C=O) groups is 3. The van der Waals surface area contributed by atoms with Gasteiger partial charge in [0.15, 0.2) is 0 Å². The number of rotatable bonds is 5. The largest absolute Gasteiger partial charge is 0.490 e. The Bertz CT molecular complexity index is 1100. The minimum absolute atomic E-state index is 0.567. The summed E-state index contributed by atoms with van der Waals surface area (Å²) in [5, 5.41) is 25.7. The number of likely N-dealkylation sites (tertiary alicyclic amines) is 1. The molecule has 2 heterocycles. The fourth-order valence-electron chi connectivity index (χ4n) is 3.61.